The number of hydrogen-bond donors (Lipinski definition) is 1. The van der Waals surface area contributed by atoms with E-state index in [4.69, 9.17) is 15.0 Å². The molecular formula is C14H12N4O2. The van der Waals surface area contributed by atoms with Crippen LogP contribution in [0.25, 0.3) is 22.8 Å². The van der Waals surface area contributed by atoms with Crippen molar-refractivity contribution in [3.63, 3.8) is 0 Å². The third-order valence-electron chi connectivity index (χ3n) is 2.86. The fraction of sp³-hybridized carbons (Fsp3) is 0.0714. The quantitative estimate of drug-likeness (QED) is 0.734. The number of ether oxygens (including phenoxy) is 1. The molecule has 0 radical (unpaired) electrons. The molecule has 3 aromatic rings. The molecule has 0 aliphatic rings. The van der Waals surface area contributed by atoms with Gasteiger partial charge in [0.2, 0.25) is 5.82 Å². The van der Waals surface area contributed by atoms with Crippen molar-refractivity contribution >= 4 is 5.69 Å². The highest BCUT2D eigenvalue weighted by Gasteiger charge is 2.13. The summed E-state index contributed by atoms with van der Waals surface area (Å²) in [5.41, 5.74) is 7.96. The van der Waals surface area contributed by atoms with Crippen molar-refractivity contribution in [2.45, 2.75) is 0 Å². The third kappa shape index (κ3) is 2.18. The number of benzene rings is 1. The van der Waals surface area contributed by atoms with Crippen LogP contribution in [0.4, 0.5) is 5.69 Å². The fourth-order valence-corrected chi connectivity index (χ4v) is 1.80. The molecule has 20 heavy (non-hydrogen) atoms. The number of rotatable bonds is 3. The summed E-state index contributed by atoms with van der Waals surface area (Å²) >= 11 is 0. The first-order valence-corrected chi connectivity index (χ1v) is 5.96. The van der Waals surface area contributed by atoms with Gasteiger partial charge in [-0.1, -0.05) is 5.16 Å². The lowest BCUT2D eigenvalue weighted by Gasteiger charge is -2.03. The standard InChI is InChI=1S/C14H12N4O2/c1-19-10-2-3-12(15)11(8-10)14-17-13(18-20-14)9-4-6-16-7-5-9/h2-8H,15H2,1H3. The molecule has 2 N–H and O–H groups in total. The van der Waals surface area contributed by atoms with Crippen LogP contribution in [-0.4, -0.2) is 22.2 Å². The maximum atomic E-state index is 5.93. The molecule has 6 heteroatoms. The van der Waals surface area contributed by atoms with E-state index in [9.17, 15) is 0 Å². The lowest BCUT2D eigenvalue weighted by atomic mass is 10.1. The smallest absolute Gasteiger partial charge is 0.260 e. The van der Waals surface area contributed by atoms with Gasteiger partial charge in [-0.25, -0.2) is 0 Å². The van der Waals surface area contributed by atoms with Crippen LogP contribution in [0.1, 0.15) is 0 Å². The molecule has 1 aromatic carbocycles. The van der Waals surface area contributed by atoms with Gasteiger partial charge in [-0.15, -0.1) is 0 Å². The Labute approximate surface area is 115 Å². The Morgan fingerprint density at radius 3 is 2.70 bits per heavy atom. The molecule has 100 valence electrons. The van der Waals surface area contributed by atoms with Crippen molar-refractivity contribution < 1.29 is 9.26 Å². The fourth-order valence-electron chi connectivity index (χ4n) is 1.80. The summed E-state index contributed by atoms with van der Waals surface area (Å²) in [6.07, 6.45) is 3.34. The Bertz CT molecular complexity index is 725. The van der Waals surface area contributed by atoms with Crippen LogP contribution >= 0.6 is 0 Å². The highest BCUT2D eigenvalue weighted by Crippen LogP contribution is 2.29. The number of pyridine rings is 1. The molecule has 0 aliphatic carbocycles. The summed E-state index contributed by atoms with van der Waals surface area (Å²) in [5.74, 6) is 1.52. The van der Waals surface area contributed by atoms with Gasteiger partial charge in [-0.05, 0) is 30.3 Å². The molecule has 0 spiro atoms. The highest BCUT2D eigenvalue weighted by atomic mass is 16.5. The molecule has 0 saturated heterocycles. The SMILES string of the molecule is COc1ccc(N)c(-c2nc(-c3ccncc3)no2)c1. The van der Waals surface area contributed by atoms with E-state index in [1.165, 1.54) is 0 Å². The van der Waals surface area contributed by atoms with Gasteiger partial charge in [0, 0.05) is 23.6 Å². The number of anilines is 1. The monoisotopic (exact) mass is 268 g/mol. The van der Waals surface area contributed by atoms with E-state index in [0.29, 0.717) is 28.7 Å². The Morgan fingerprint density at radius 1 is 1.15 bits per heavy atom. The molecule has 2 heterocycles. The Kier molecular flexibility index (Phi) is 3.04. The number of nitrogen functional groups attached to an aromatic ring is 1. The van der Waals surface area contributed by atoms with Crippen LogP contribution in [0.15, 0.2) is 47.2 Å². The minimum absolute atomic E-state index is 0.355. The van der Waals surface area contributed by atoms with Crippen LogP contribution in [0.2, 0.25) is 0 Å². The molecule has 0 atom stereocenters. The van der Waals surface area contributed by atoms with E-state index >= 15 is 0 Å². The lowest BCUT2D eigenvalue weighted by Crippen LogP contribution is -1.92. The number of aromatic nitrogens is 3. The van der Waals surface area contributed by atoms with Crippen molar-refractivity contribution in [2.75, 3.05) is 12.8 Å². The van der Waals surface area contributed by atoms with E-state index in [-0.39, 0.29) is 0 Å². The van der Waals surface area contributed by atoms with Crippen LogP contribution in [0.3, 0.4) is 0 Å². The van der Waals surface area contributed by atoms with Crippen LogP contribution in [-0.2, 0) is 0 Å². The van der Waals surface area contributed by atoms with Gasteiger partial charge >= 0.3 is 0 Å². The largest absolute Gasteiger partial charge is 0.497 e. The molecule has 2 aromatic heterocycles. The molecular weight excluding hydrogens is 256 g/mol. The summed E-state index contributed by atoms with van der Waals surface area (Å²) in [6.45, 7) is 0. The number of methoxy groups -OCH3 is 1. The molecule has 0 unspecified atom stereocenters. The molecule has 0 fully saturated rings. The Hall–Kier alpha value is -2.89. The maximum Gasteiger partial charge on any atom is 0.260 e. The molecule has 0 amide bonds. The number of nitrogens with two attached hydrogens (primary N) is 1. The maximum absolute atomic E-state index is 5.93. The first-order chi connectivity index (χ1) is 9.78. The second kappa shape index (κ2) is 5.00. The zero-order valence-electron chi connectivity index (χ0n) is 10.8. The van der Waals surface area contributed by atoms with E-state index < -0.39 is 0 Å². The second-order valence-electron chi connectivity index (χ2n) is 4.11. The summed E-state index contributed by atoms with van der Waals surface area (Å²) in [5, 5.41) is 3.95. The minimum Gasteiger partial charge on any atom is -0.497 e. The minimum atomic E-state index is 0.355. The van der Waals surface area contributed by atoms with Crippen LogP contribution in [0.5, 0.6) is 5.75 Å². The molecule has 3 rings (SSSR count). The third-order valence-corrected chi connectivity index (χ3v) is 2.86. The molecule has 0 aliphatic heterocycles. The number of nitrogens with zero attached hydrogens (tertiary/aromatic N) is 3. The highest BCUT2D eigenvalue weighted by molar-refractivity contribution is 5.73. The van der Waals surface area contributed by atoms with Crippen molar-refractivity contribution in [1.29, 1.82) is 0 Å². The van der Waals surface area contributed by atoms with E-state index in [1.54, 1.807) is 37.7 Å². The van der Waals surface area contributed by atoms with Crippen molar-refractivity contribution in [1.82, 2.24) is 15.1 Å². The van der Waals surface area contributed by atoms with Gasteiger partial charge in [-0.3, -0.25) is 4.98 Å². The normalized spacial score (nSPS) is 10.4. The topological polar surface area (TPSA) is 87.1 Å². The van der Waals surface area contributed by atoms with Crippen molar-refractivity contribution in [3.05, 3.63) is 42.7 Å². The molecule has 0 saturated carbocycles. The van der Waals surface area contributed by atoms with Gasteiger partial charge in [0.15, 0.2) is 0 Å². The zero-order chi connectivity index (χ0) is 13.9. The van der Waals surface area contributed by atoms with Gasteiger partial charge in [0.25, 0.3) is 5.89 Å². The Balaban J connectivity index is 2.02. The van der Waals surface area contributed by atoms with Gasteiger partial charge in [-0.2, -0.15) is 4.98 Å². The number of hydrogen-bond acceptors (Lipinski definition) is 6. The zero-order valence-corrected chi connectivity index (χ0v) is 10.8. The van der Waals surface area contributed by atoms with Gasteiger partial charge in [0.05, 0.1) is 12.7 Å². The lowest BCUT2D eigenvalue weighted by molar-refractivity contribution is 0.413. The predicted molar refractivity (Wildman–Crippen MR) is 73.9 cm³/mol. The van der Waals surface area contributed by atoms with E-state index in [0.717, 1.165) is 5.56 Å². The van der Waals surface area contributed by atoms with Gasteiger partial charge < -0.3 is 15.0 Å². The average molecular weight is 268 g/mol. The second-order valence-corrected chi connectivity index (χ2v) is 4.11. The first kappa shape index (κ1) is 12.2. The first-order valence-electron chi connectivity index (χ1n) is 5.96. The summed E-state index contributed by atoms with van der Waals surface area (Å²) in [4.78, 5) is 8.30. The van der Waals surface area contributed by atoms with E-state index in [1.807, 2.05) is 12.1 Å². The van der Waals surface area contributed by atoms with E-state index in [2.05, 4.69) is 15.1 Å². The predicted octanol–water partition coefficient (Wildman–Crippen LogP) is 2.39. The van der Waals surface area contributed by atoms with Crippen LogP contribution < -0.4 is 10.5 Å². The van der Waals surface area contributed by atoms with Crippen LogP contribution in [0, 0.1) is 0 Å². The Morgan fingerprint density at radius 2 is 1.95 bits per heavy atom. The summed E-state index contributed by atoms with van der Waals surface area (Å²) in [7, 11) is 1.59. The van der Waals surface area contributed by atoms with Crippen molar-refractivity contribution in [3.8, 4) is 28.6 Å². The van der Waals surface area contributed by atoms with Gasteiger partial charge in [0.1, 0.15) is 5.75 Å². The van der Waals surface area contributed by atoms with Crippen molar-refractivity contribution in [2.24, 2.45) is 0 Å². The molecule has 6 nitrogen and oxygen atoms in total. The summed E-state index contributed by atoms with van der Waals surface area (Å²) < 4.78 is 10.4. The molecule has 0 bridgehead atoms. The summed E-state index contributed by atoms with van der Waals surface area (Å²) in [6, 6.07) is 8.90. The average Bonchev–Trinajstić information content (AvgIpc) is 2.98.